The minimum absolute atomic E-state index is 0.0345. The van der Waals surface area contributed by atoms with Crippen molar-refractivity contribution in [2.75, 3.05) is 0 Å². The third-order valence-electron chi connectivity index (χ3n) is 3.60. The highest BCUT2D eigenvalue weighted by molar-refractivity contribution is 5.83. The summed E-state index contributed by atoms with van der Waals surface area (Å²) in [6.45, 7) is 5.81. The topological polar surface area (TPSA) is 29.1 Å². The van der Waals surface area contributed by atoms with Crippen molar-refractivity contribution >= 4 is 5.78 Å². The number of Topliss-reactive ketones (excluding diaryl/α,β-unsaturated/α-hetero) is 1. The molecule has 21 heavy (non-hydrogen) atoms. The molecule has 0 aromatic heterocycles. The minimum Gasteiger partial charge on any atom is -0.304 e. The van der Waals surface area contributed by atoms with Gasteiger partial charge in [-0.15, -0.1) is 0 Å². The summed E-state index contributed by atoms with van der Waals surface area (Å²) in [6.07, 6.45) is 0. The van der Waals surface area contributed by atoms with E-state index in [2.05, 4.69) is 43.4 Å². The molecule has 0 saturated heterocycles. The summed E-state index contributed by atoms with van der Waals surface area (Å²) in [5.74, 6) is 0.203. The van der Waals surface area contributed by atoms with Crippen LogP contribution in [0.25, 0.3) is 0 Å². The third-order valence-corrected chi connectivity index (χ3v) is 3.60. The molecule has 2 aromatic carbocycles. The molecule has 2 nitrogen and oxygen atoms in total. The lowest BCUT2D eigenvalue weighted by molar-refractivity contribution is -0.119. The molecule has 110 valence electrons. The Morgan fingerprint density at radius 1 is 0.857 bits per heavy atom. The van der Waals surface area contributed by atoms with Crippen molar-refractivity contribution in [1.82, 2.24) is 5.32 Å². The highest BCUT2D eigenvalue weighted by Crippen LogP contribution is 2.28. The summed E-state index contributed by atoms with van der Waals surface area (Å²) in [6, 6.07) is 20.5. The fourth-order valence-corrected chi connectivity index (χ4v) is 2.71. The van der Waals surface area contributed by atoms with Crippen molar-refractivity contribution in [3.63, 3.8) is 0 Å². The SMILES string of the molecule is CC(=O)C(NC(C)C)C(c1ccccc1)c1ccccc1. The number of carbonyl (C=O) groups is 1. The van der Waals surface area contributed by atoms with E-state index in [1.54, 1.807) is 6.92 Å². The summed E-state index contributed by atoms with van der Waals surface area (Å²) < 4.78 is 0. The molecule has 0 heterocycles. The second-order valence-electron chi connectivity index (χ2n) is 5.71. The zero-order valence-corrected chi connectivity index (χ0v) is 12.9. The van der Waals surface area contributed by atoms with Crippen molar-refractivity contribution in [1.29, 1.82) is 0 Å². The van der Waals surface area contributed by atoms with Crippen molar-refractivity contribution in [2.45, 2.75) is 38.8 Å². The fourth-order valence-electron chi connectivity index (χ4n) is 2.71. The standard InChI is InChI=1S/C19H23NO/c1-14(2)20-19(15(3)21)18(16-10-6-4-7-11-16)17-12-8-5-9-13-17/h4-14,18-20H,1-3H3. The van der Waals surface area contributed by atoms with Crippen LogP contribution in [0.3, 0.4) is 0 Å². The first-order valence-electron chi connectivity index (χ1n) is 7.46. The first-order chi connectivity index (χ1) is 10.1. The van der Waals surface area contributed by atoms with E-state index in [0.29, 0.717) is 0 Å². The Bertz CT molecular complexity index is 523. The van der Waals surface area contributed by atoms with E-state index in [4.69, 9.17) is 0 Å². The van der Waals surface area contributed by atoms with Crippen LogP contribution in [0.5, 0.6) is 0 Å². The highest BCUT2D eigenvalue weighted by Gasteiger charge is 2.28. The summed E-state index contributed by atoms with van der Waals surface area (Å²) in [4.78, 5) is 12.2. The molecule has 2 heteroatoms. The Balaban J connectivity index is 2.47. The molecule has 1 unspecified atom stereocenters. The number of carbonyl (C=O) groups excluding carboxylic acids is 1. The van der Waals surface area contributed by atoms with Crippen LogP contribution in [-0.4, -0.2) is 17.9 Å². The molecule has 0 spiro atoms. The van der Waals surface area contributed by atoms with Crippen LogP contribution in [0.1, 0.15) is 37.8 Å². The van der Waals surface area contributed by atoms with E-state index in [-0.39, 0.29) is 23.8 Å². The van der Waals surface area contributed by atoms with Crippen molar-refractivity contribution in [3.05, 3.63) is 71.8 Å². The van der Waals surface area contributed by atoms with Gasteiger partial charge in [0.15, 0.2) is 0 Å². The van der Waals surface area contributed by atoms with Crippen LogP contribution < -0.4 is 5.32 Å². The van der Waals surface area contributed by atoms with E-state index >= 15 is 0 Å². The number of benzene rings is 2. The first kappa shape index (κ1) is 15.5. The van der Waals surface area contributed by atoms with E-state index in [0.717, 1.165) is 11.1 Å². The quantitative estimate of drug-likeness (QED) is 0.873. The summed E-state index contributed by atoms with van der Waals surface area (Å²) in [5, 5.41) is 3.43. The second-order valence-corrected chi connectivity index (χ2v) is 5.71. The molecule has 0 amide bonds. The van der Waals surface area contributed by atoms with E-state index in [1.165, 1.54) is 0 Å². The zero-order chi connectivity index (χ0) is 15.2. The van der Waals surface area contributed by atoms with E-state index < -0.39 is 0 Å². The average molecular weight is 281 g/mol. The van der Waals surface area contributed by atoms with Crippen molar-refractivity contribution in [3.8, 4) is 0 Å². The minimum atomic E-state index is -0.213. The number of hydrogen-bond donors (Lipinski definition) is 1. The first-order valence-corrected chi connectivity index (χ1v) is 7.46. The van der Waals surface area contributed by atoms with Gasteiger partial charge in [-0.1, -0.05) is 74.5 Å². The Morgan fingerprint density at radius 3 is 1.62 bits per heavy atom. The molecule has 2 aromatic rings. The normalized spacial score (nSPS) is 12.6. The molecule has 1 atom stereocenters. The van der Waals surface area contributed by atoms with Crippen molar-refractivity contribution in [2.24, 2.45) is 0 Å². The molecular formula is C19H23NO. The molecule has 0 saturated carbocycles. The van der Waals surface area contributed by atoms with Crippen molar-refractivity contribution < 1.29 is 4.79 Å². The van der Waals surface area contributed by atoms with Gasteiger partial charge in [0.2, 0.25) is 0 Å². The molecule has 0 fully saturated rings. The molecule has 0 radical (unpaired) electrons. The maximum atomic E-state index is 12.2. The predicted molar refractivity (Wildman–Crippen MR) is 87.5 cm³/mol. The van der Waals surface area contributed by atoms with Gasteiger partial charge < -0.3 is 5.32 Å². The van der Waals surface area contributed by atoms with E-state index in [1.807, 2.05) is 36.4 Å². The van der Waals surface area contributed by atoms with Crippen LogP contribution in [0, 0.1) is 0 Å². The third kappa shape index (κ3) is 4.02. The zero-order valence-electron chi connectivity index (χ0n) is 12.9. The van der Waals surface area contributed by atoms with Crippen LogP contribution in [-0.2, 0) is 4.79 Å². The van der Waals surface area contributed by atoms with Crippen LogP contribution in [0.4, 0.5) is 0 Å². The maximum absolute atomic E-state index is 12.2. The summed E-state index contributed by atoms with van der Waals surface area (Å²) in [7, 11) is 0. The highest BCUT2D eigenvalue weighted by atomic mass is 16.1. The molecule has 0 bridgehead atoms. The van der Waals surface area contributed by atoms with Gasteiger partial charge >= 0.3 is 0 Å². The van der Waals surface area contributed by atoms with Crippen LogP contribution >= 0.6 is 0 Å². The van der Waals surface area contributed by atoms with Gasteiger partial charge in [0.1, 0.15) is 5.78 Å². The van der Waals surface area contributed by atoms with Gasteiger partial charge in [-0.25, -0.2) is 0 Å². The number of rotatable bonds is 6. The van der Waals surface area contributed by atoms with E-state index in [9.17, 15) is 4.79 Å². The number of nitrogens with one attached hydrogen (secondary N) is 1. The Labute approximate surface area is 127 Å². The molecule has 0 aliphatic carbocycles. The Morgan fingerprint density at radius 2 is 1.29 bits per heavy atom. The van der Waals surface area contributed by atoms with Gasteiger partial charge in [0.05, 0.1) is 6.04 Å². The molecule has 2 rings (SSSR count). The lowest BCUT2D eigenvalue weighted by Gasteiger charge is -2.29. The van der Waals surface area contributed by atoms with Gasteiger partial charge in [0, 0.05) is 12.0 Å². The summed E-state index contributed by atoms with van der Waals surface area (Å²) in [5.41, 5.74) is 2.33. The smallest absolute Gasteiger partial charge is 0.147 e. The summed E-state index contributed by atoms with van der Waals surface area (Å²) >= 11 is 0. The fraction of sp³-hybridized carbons (Fsp3) is 0.316. The van der Waals surface area contributed by atoms with Gasteiger partial charge in [0.25, 0.3) is 0 Å². The molecule has 0 aliphatic heterocycles. The molecule has 0 aliphatic rings. The Kier molecular flexibility index (Phi) is 5.29. The second kappa shape index (κ2) is 7.19. The molecular weight excluding hydrogens is 258 g/mol. The van der Waals surface area contributed by atoms with Gasteiger partial charge in [-0.3, -0.25) is 4.79 Å². The monoisotopic (exact) mass is 281 g/mol. The molecule has 1 N–H and O–H groups in total. The van der Waals surface area contributed by atoms with Gasteiger partial charge in [-0.05, 0) is 18.1 Å². The number of hydrogen-bond acceptors (Lipinski definition) is 2. The largest absolute Gasteiger partial charge is 0.304 e. The van der Waals surface area contributed by atoms with Crippen LogP contribution in [0.15, 0.2) is 60.7 Å². The predicted octanol–water partition coefficient (Wildman–Crippen LogP) is 3.77. The maximum Gasteiger partial charge on any atom is 0.147 e. The Hall–Kier alpha value is -1.93. The lowest BCUT2D eigenvalue weighted by Crippen LogP contribution is -2.44. The van der Waals surface area contributed by atoms with Crippen LogP contribution in [0.2, 0.25) is 0 Å². The number of ketones is 1. The lowest BCUT2D eigenvalue weighted by atomic mass is 9.83. The van der Waals surface area contributed by atoms with Gasteiger partial charge in [-0.2, -0.15) is 0 Å². The average Bonchev–Trinajstić information content (AvgIpc) is 2.48.